The molecule has 0 bridgehead atoms. The predicted octanol–water partition coefficient (Wildman–Crippen LogP) is 5.18. The van der Waals surface area contributed by atoms with Crippen molar-refractivity contribution in [3.05, 3.63) is 76.2 Å². The van der Waals surface area contributed by atoms with Gasteiger partial charge in [0.2, 0.25) is 5.82 Å². The Morgan fingerprint density at radius 2 is 1.96 bits per heavy atom. The zero-order valence-corrected chi connectivity index (χ0v) is 16.1. The minimum atomic E-state index is -0.132. The van der Waals surface area contributed by atoms with Gasteiger partial charge < -0.3 is 13.8 Å². The quantitative estimate of drug-likeness (QED) is 0.463. The summed E-state index contributed by atoms with van der Waals surface area (Å²) in [5, 5.41) is 5.36. The number of aromatic nitrogens is 4. The Morgan fingerprint density at radius 3 is 2.82 bits per heavy atom. The molecule has 2 aromatic carbocycles. The number of imidazole rings is 1. The normalized spacial score (nSPS) is 16.1. The van der Waals surface area contributed by atoms with E-state index in [1.807, 2.05) is 41.0 Å². The van der Waals surface area contributed by atoms with Gasteiger partial charge in [0.1, 0.15) is 6.10 Å². The summed E-state index contributed by atoms with van der Waals surface area (Å²) in [5.74, 6) is 0.813. The summed E-state index contributed by atoms with van der Waals surface area (Å²) >= 11 is 12.4. The fourth-order valence-electron chi connectivity index (χ4n) is 3.29. The van der Waals surface area contributed by atoms with Crippen LogP contribution in [0.5, 0.6) is 0 Å². The predicted molar refractivity (Wildman–Crippen MR) is 105 cm³/mol. The summed E-state index contributed by atoms with van der Waals surface area (Å²) in [6.07, 6.45) is 1.63. The zero-order valence-electron chi connectivity index (χ0n) is 14.5. The molecule has 2 aromatic heterocycles. The molecule has 1 atom stereocenters. The third kappa shape index (κ3) is 3.09. The van der Waals surface area contributed by atoms with Crippen LogP contribution in [0.3, 0.4) is 0 Å². The number of rotatable bonds is 3. The molecule has 0 aliphatic carbocycles. The zero-order chi connectivity index (χ0) is 19.1. The van der Waals surface area contributed by atoms with E-state index in [1.54, 1.807) is 18.5 Å². The fraction of sp³-hybridized carbons (Fsp3) is 0.150. The lowest BCUT2D eigenvalue weighted by atomic mass is 10.1. The van der Waals surface area contributed by atoms with Crippen LogP contribution in [0, 0.1) is 0 Å². The van der Waals surface area contributed by atoms with Gasteiger partial charge in [0, 0.05) is 21.2 Å². The van der Waals surface area contributed by atoms with E-state index in [-0.39, 0.29) is 6.10 Å². The number of ether oxygens (including phenoxy) is 1. The summed E-state index contributed by atoms with van der Waals surface area (Å²) < 4.78 is 13.5. The van der Waals surface area contributed by atoms with Crippen molar-refractivity contribution in [1.82, 2.24) is 19.7 Å². The highest BCUT2D eigenvalue weighted by atomic mass is 35.5. The van der Waals surface area contributed by atoms with Crippen molar-refractivity contribution in [1.29, 1.82) is 0 Å². The molecule has 3 heterocycles. The maximum Gasteiger partial charge on any atom is 0.278 e. The number of nitrogens with zero attached hydrogens (tertiary/aromatic N) is 4. The number of hydrogen-bond donors (Lipinski definition) is 0. The highest BCUT2D eigenvalue weighted by Gasteiger charge is 2.27. The van der Waals surface area contributed by atoms with Crippen molar-refractivity contribution >= 4 is 23.2 Å². The van der Waals surface area contributed by atoms with Gasteiger partial charge in [-0.2, -0.15) is 4.98 Å². The minimum Gasteiger partial charge on any atom is -0.365 e. The molecule has 8 heteroatoms. The molecule has 1 aliphatic rings. The lowest BCUT2D eigenvalue weighted by Gasteiger charge is -2.26. The lowest BCUT2D eigenvalue weighted by molar-refractivity contribution is 0.00336. The molecular weight excluding hydrogens is 399 g/mol. The van der Waals surface area contributed by atoms with Crippen LogP contribution in [-0.2, 0) is 17.9 Å². The molecule has 0 unspecified atom stereocenters. The second kappa shape index (κ2) is 7.05. The second-order valence-electron chi connectivity index (χ2n) is 6.45. The number of benzene rings is 2. The molecule has 0 fully saturated rings. The Morgan fingerprint density at radius 1 is 1.07 bits per heavy atom. The molecule has 6 nitrogen and oxygen atoms in total. The van der Waals surface area contributed by atoms with E-state index < -0.39 is 0 Å². The highest BCUT2D eigenvalue weighted by Crippen LogP contribution is 2.34. The molecule has 4 aromatic rings. The molecule has 0 saturated heterocycles. The Kier molecular flexibility index (Phi) is 4.39. The first-order valence-electron chi connectivity index (χ1n) is 8.69. The summed E-state index contributed by atoms with van der Waals surface area (Å²) in [6, 6.07) is 15.0. The van der Waals surface area contributed by atoms with E-state index in [1.165, 1.54) is 0 Å². The van der Waals surface area contributed by atoms with Gasteiger partial charge in [0.05, 0.1) is 25.2 Å². The van der Waals surface area contributed by atoms with Crippen LogP contribution in [0.15, 0.2) is 59.4 Å². The van der Waals surface area contributed by atoms with Crippen LogP contribution in [0.1, 0.15) is 17.4 Å². The van der Waals surface area contributed by atoms with Crippen LogP contribution in [-0.4, -0.2) is 19.7 Å². The topological polar surface area (TPSA) is 66.0 Å². The summed E-state index contributed by atoms with van der Waals surface area (Å²) in [7, 11) is 0. The van der Waals surface area contributed by atoms with Crippen molar-refractivity contribution in [3.63, 3.8) is 0 Å². The van der Waals surface area contributed by atoms with Gasteiger partial charge in [-0.25, -0.2) is 4.98 Å². The van der Waals surface area contributed by atoms with Crippen molar-refractivity contribution in [2.75, 3.05) is 0 Å². The third-order valence-electron chi connectivity index (χ3n) is 4.69. The number of hydrogen-bond acceptors (Lipinski definition) is 5. The molecular formula is C20H14Cl2N4O2. The van der Waals surface area contributed by atoms with Gasteiger partial charge in [-0.05, 0) is 18.2 Å². The van der Waals surface area contributed by atoms with E-state index in [2.05, 4.69) is 15.1 Å². The van der Waals surface area contributed by atoms with Crippen molar-refractivity contribution < 1.29 is 9.26 Å². The first-order chi connectivity index (χ1) is 13.7. The van der Waals surface area contributed by atoms with Gasteiger partial charge in [-0.1, -0.05) is 58.7 Å². The Hall–Kier alpha value is -2.67. The molecule has 28 heavy (non-hydrogen) atoms. The van der Waals surface area contributed by atoms with Crippen molar-refractivity contribution in [2.24, 2.45) is 0 Å². The monoisotopic (exact) mass is 412 g/mol. The van der Waals surface area contributed by atoms with E-state index >= 15 is 0 Å². The number of fused-ring (bicyclic) bond motifs is 1. The van der Waals surface area contributed by atoms with Gasteiger partial charge in [-0.3, -0.25) is 0 Å². The van der Waals surface area contributed by atoms with Crippen LogP contribution in [0.25, 0.3) is 23.0 Å². The Bertz CT molecular complexity index is 1150. The van der Waals surface area contributed by atoms with Crippen molar-refractivity contribution in [3.8, 4) is 23.0 Å². The molecule has 0 spiro atoms. The third-order valence-corrected chi connectivity index (χ3v) is 5.27. The van der Waals surface area contributed by atoms with Gasteiger partial charge in [0.15, 0.2) is 5.69 Å². The Labute approximate surface area is 170 Å². The average Bonchev–Trinajstić information content (AvgIpc) is 3.35. The first-order valence-corrected chi connectivity index (χ1v) is 9.44. The van der Waals surface area contributed by atoms with E-state index in [0.29, 0.717) is 40.6 Å². The van der Waals surface area contributed by atoms with Crippen molar-refractivity contribution in [2.45, 2.75) is 19.3 Å². The van der Waals surface area contributed by atoms with Gasteiger partial charge in [-0.15, -0.1) is 0 Å². The first kappa shape index (κ1) is 17.4. The van der Waals surface area contributed by atoms with Gasteiger partial charge >= 0.3 is 0 Å². The van der Waals surface area contributed by atoms with Crippen LogP contribution < -0.4 is 0 Å². The summed E-state index contributed by atoms with van der Waals surface area (Å²) in [6.45, 7) is 0.988. The molecule has 0 N–H and O–H groups in total. The SMILES string of the molecule is Clc1cccc(-c2noc(-c3ncn4c3CO[C@H](c3ccccc3Cl)C4)n2)c1. The smallest absolute Gasteiger partial charge is 0.278 e. The molecule has 140 valence electrons. The highest BCUT2D eigenvalue weighted by molar-refractivity contribution is 6.31. The second-order valence-corrected chi connectivity index (χ2v) is 7.29. The molecule has 5 rings (SSSR count). The van der Waals surface area contributed by atoms with E-state index in [0.717, 1.165) is 16.8 Å². The molecule has 0 saturated carbocycles. The van der Waals surface area contributed by atoms with Gasteiger partial charge in [0.25, 0.3) is 5.89 Å². The van der Waals surface area contributed by atoms with Crippen LogP contribution >= 0.6 is 23.2 Å². The maximum absolute atomic E-state index is 6.31. The van der Waals surface area contributed by atoms with E-state index in [9.17, 15) is 0 Å². The fourth-order valence-corrected chi connectivity index (χ4v) is 3.74. The van der Waals surface area contributed by atoms with Crippen LogP contribution in [0.2, 0.25) is 10.0 Å². The molecule has 0 amide bonds. The van der Waals surface area contributed by atoms with E-state index in [4.69, 9.17) is 32.5 Å². The largest absolute Gasteiger partial charge is 0.365 e. The summed E-state index contributed by atoms with van der Waals surface area (Å²) in [4.78, 5) is 8.95. The minimum absolute atomic E-state index is 0.132. The summed E-state index contributed by atoms with van der Waals surface area (Å²) in [5.41, 5.74) is 3.26. The average molecular weight is 413 g/mol. The van der Waals surface area contributed by atoms with Crippen LogP contribution in [0.4, 0.5) is 0 Å². The Balaban J connectivity index is 1.44. The molecule has 0 radical (unpaired) electrons. The lowest BCUT2D eigenvalue weighted by Crippen LogP contribution is -2.20. The molecule has 1 aliphatic heterocycles. The standard InChI is InChI=1S/C20H14Cl2N4O2/c21-13-5-3-4-12(8-13)19-24-20(28-25-19)18-16-10-27-17(9-26(16)11-23-18)14-6-1-2-7-15(14)22/h1-8,11,17H,9-10H2/t17-/m0/s1. The maximum atomic E-state index is 6.31. The number of halogens is 2.